The molecule has 98 valence electrons. The van der Waals surface area contributed by atoms with Crippen LogP contribution >= 0.6 is 0 Å². The number of carbonyl (C=O) groups is 1. The highest BCUT2D eigenvalue weighted by Crippen LogP contribution is 2.24. The molecule has 0 aliphatic heterocycles. The molecule has 18 heavy (non-hydrogen) atoms. The van der Waals surface area contributed by atoms with E-state index in [1.165, 1.54) is 24.8 Å². The topological polar surface area (TPSA) is 26.3 Å². The molecule has 1 aromatic carbocycles. The average molecular weight is 246 g/mol. The molecule has 0 bridgehead atoms. The van der Waals surface area contributed by atoms with Gasteiger partial charge in [0.05, 0.1) is 12.5 Å². The van der Waals surface area contributed by atoms with Gasteiger partial charge in [-0.2, -0.15) is 0 Å². The summed E-state index contributed by atoms with van der Waals surface area (Å²) in [5.41, 5.74) is 1.31. The summed E-state index contributed by atoms with van der Waals surface area (Å²) in [4.78, 5) is 11.8. The molecule has 0 saturated heterocycles. The minimum atomic E-state index is 0.0303. The zero-order valence-electron chi connectivity index (χ0n) is 10.9. The average Bonchev–Trinajstić information content (AvgIpc) is 2.45. The molecule has 2 heteroatoms. The summed E-state index contributed by atoms with van der Waals surface area (Å²) in [6.45, 7) is 0.560. The van der Waals surface area contributed by atoms with E-state index < -0.39 is 0 Å². The second-order valence-electron chi connectivity index (χ2n) is 5.09. The summed E-state index contributed by atoms with van der Waals surface area (Å²) in [5, 5.41) is 0. The van der Waals surface area contributed by atoms with Gasteiger partial charge in [-0.15, -0.1) is 0 Å². The summed E-state index contributed by atoms with van der Waals surface area (Å²) in [5.74, 6) is 0.207. The molecule has 1 aliphatic carbocycles. The maximum atomic E-state index is 11.8. The van der Waals surface area contributed by atoms with Crippen LogP contribution in [0.5, 0.6) is 0 Å². The number of hydrogen-bond donors (Lipinski definition) is 0. The molecule has 0 radical (unpaired) electrons. The van der Waals surface area contributed by atoms with Gasteiger partial charge in [0.2, 0.25) is 0 Å². The van der Waals surface area contributed by atoms with Crippen LogP contribution in [0.15, 0.2) is 30.3 Å². The Hall–Kier alpha value is -1.31. The van der Waals surface area contributed by atoms with Gasteiger partial charge in [-0.3, -0.25) is 4.79 Å². The first-order valence-electron chi connectivity index (χ1n) is 7.07. The Labute approximate surface area is 109 Å². The highest BCUT2D eigenvalue weighted by molar-refractivity contribution is 5.72. The van der Waals surface area contributed by atoms with Crippen molar-refractivity contribution >= 4 is 5.97 Å². The Kier molecular flexibility index (Phi) is 5.25. The summed E-state index contributed by atoms with van der Waals surface area (Å²) in [6.07, 6.45) is 7.60. The number of benzene rings is 1. The van der Waals surface area contributed by atoms with E-state index in [9.17, 15) is 4.79 Å². The lowest BCUT2D eigenvalue weighted by Crippen LogP contribution is -2.20. The van der Waals surface area contributed by atoms with E-state index in [1.54, 1.807) is 0 Å². The third-order valence-electron chi connectivity index (χ3n) is 3.64. The fourth-order valence-electron chi connectivity index (χ4n) is 2.55. The Morgan fingerprint density at radius 3 is 2.56 bits per heavy atom. The minimum absolute atomic E-state index is 0.0303. The van der Waals surface area contributed by atoms with Crippen LogP contribution in [0.1, 0.15) is 44.1 Å². The number of rotatable bonds is 5. The fourth-order valence-corrected chi connectivity index (χ4v) is 2.55. The molecular weight excluding hydrogens is 224 g/mol. The maximum absolute atomic E-state index is 11.8. The van der Waals surface area contributed by atoms with E-state index in [4.69, 9.17) is 4.74 Å². The van der Waals surface area contributed by atoms with Crippen molar-refractivity contribution in [1.82, 2.24) is 0 Å². The van der Waals surface area contributed by atoms with Crippen molar-refractivity contribution in [1.29, 1.82) is 0 Å². The van der Waals surface area contributed by atoms with Crippen LogP contribution in [0.4, 0.5) is 0 Å². The number of hydrogen-bond acceptors (Lipinski definition) is 2. The normalized spacial score (nSPS) is 16.4. The van der Waals surface area contributed by atoms with E-state index >= 15 is 0 Å². The Balaban J connectivity index is 1.61. The molecule has 0 heterocycles. The smallest absolute Gasteiger partial charge is 0.308 e. The number of esters is 1. The quantitative estimate of drug-likeness (QED) is 0.584. The second kappa shape index (κ2) is 7.20. The lowest BCUT2D eigenvalue weighted by atomic mass is 9.89. The van der Waals surface area contributed by atoms with Gasteiger partial charge < -0.3 is 4.74 Å². The summed E-state index contributed by atoms with van der Waals surface area (Å²) < 4.78 is 5.36. The van der Waals surface area contributed by atoms with Crippen LogP contribution in [0.2, 0.25) is 0 Å². The zero-order valence-corrected chi connectivity index (χ0v) is 10.9. The maximum Gasteiger partial charge on any atom is 0.308 e. The van der Waals surface area contributed by atoms with Crippen molar-refractivity contribution in [2.75, 3.05) is 6.61 Å². The van der Waals surface area contributed by atoms with Crippen molar-refractivity contribution in [2.45, 2.75) is 44.9 Å². The van der Waals surface area contributed by atoms with Crippen molar-refractivity contribution < 1.29 is 9.53 Å². The van der Waals surface area contributed by atoms with Gasteiger partial charge in [-0.1, -0.05) is 49.6 Å². The number of aryl methyl sites for hydroxylation is 1. The third kappa shape index (κ3) is 4.17. The molecule has 1 aliphatic rings. The second-order valence-corrected chi connectivity index (χ2v) is 5.09. The lowest BCUT2D eigenvalue weighted by Gasteiger charge is -2.19. The molecule has 0 spiro atoms. The van der Waals surface area contributed by atoms with Crippen molar-refractivity contribution in [3.05, 3.63) is 35.9 Å². The van der Waals surface area contributed by atoms with Crippen LogP contribution in [-0.4, -0.2) is 12.6 Å². The van der Waals surface area contributed by atoms with Crippen molar-refractivity contribution in [3.8, 4) is 0 Å². The molecule has 2 nitrogen and oxygen atoms in total. The van der Waals surface area contributed by atoms with E-state index in [-0.39, 0.29) is 11.9 Å². The molecule has 0 atom stereocenters. The van der Waals surface area contributed by atoms with Crippen LogP contribution in [0.25, 0.3) is 0 Å². The van der Waals surface area contributed by atoms with Crippen molar-refractivity contribution in [3.63, 3.8) is 0 Å². The van der Waals surface area contributed by atoms with E-state index in [1.807, 2.05) is 18.2 Å². The molecule has 0 amide bonds. The molecule has 1 aromatic rings. The SMILES string of the molecule is O=C(OCCCc1ccccc1)C1CCCCC1. The van der Waals surface area contributed by atoms with Crippen LogP contribution in [0, 0.1) is 5.92 Å². The molecular formula is C16H22O2. The van der Waals surface area contributed by atoms with E-state index in [0.29, 0.717) is 6.61 Å². The predicted molar refractivity (Wildman–Crippen MR) is 72.3 cm³/mol. The van der Waals surface area contributed by atoms with Gasteiger partial charge in [-0.05, 0) is 31.2 Å². The largest absolute Gasteiger partial charge is 0.465 e. The molecule has 0 aromatic heterocycles. The summed E-state index contributed by atoms with van der Waals surface area (Å²) >= 11 is 0. The molecule has 0 unspecified atom stereocenters. The summed E-state index contributed by atoms with van der Waals surface area (Å²) in [7, 11) is 0. The standard InChI is InChI=1S/C16H22O2/c17-16(15-11-5-2-6-12-15)18-13-7-10-14-8-3-1-4-9-14/h1,3-4,8-9,15H,2,5-7,10-13H2. The first-order chi connectivity index (χ1) is 8.86. The Morgan fingerprint density at radius 1 is 1.11 bits per heavy atom. The first kappa shape index (κ1) is 13.1. The highest BCUT2D eigenvalue weighted by atomic mass is 16.5. The fraction of sp³-hybridized carbons (Fsp3) is 0.562. The van der Waals surface area contributed by atoms with Gasteiger partial charge in [0.25, 0.3) is 0 Å². The molecule has 0 N–H and O–H groups in total. The van der Waals surface area contributed by atoms with Gasteiger partial charge in [-0.25, -0.2) is 0 Å². The Morgan fingerprint density at radius 2 is 1.83 bits per heavy atom. The van der Waals surface area contributed by atoms with Gasteiger partial charge in [0, 0.05) is 0 Å². The number of ether oxygens (including phenoxy) is 1. The van der Waals surface area contributed by atoms with Gasteiger partial charge in [0.15, 0.2) is 0 Å². The Bertz CT molecular complexity index is 353. The summed E-state index contributed by atoms with van der Waals surface area (Å²) in [6, 6.07) is 10.3. The van der Waals surface area contributed by atoms with Gasteiger partial charge in [0.1, 0.15) is 0 Å². The number of carbonyl (C=O) groups excluding carboxylic acids is 1. The third-order valence-corrected chi connectivity index (χ3v) is 3.64. The zero-order chi connectivity index (χ0) is 12.6. The monoisotopic (exact) mass is 246 g/mol. The highest BCUT2D eigenvalue weighted by Gasteiger charge is 2.21. The van der Waals surface area contributed by atoms with Crippen LogP contribution in [0.3, 0.4) is 0 Å². The molecule has 1 saturated carbocycles. The molecule has 2 rings (SSSR count). The predicted octanol–water partition coefficient (Wildman–Crippen LogP) is 3.74. The van der Waals surface area contributed by atoms with Crippen molar-refractivity contribution in [2.24, 2.45) is 5.92 Å². The van der Waals surface area contributed by atoms with E-state index in [2.05, 4.69) is 12.1 Å². The molecule has 1 fully saturated rings. The van der Waals surface area contributed by atoms with Crippen LogP contribution in [-0.2, 0) is 16.0 Å². The lowest BCUT2D eigenvalue weighted by molar-refractivity contribution is -0.149. The minimum Gasteiger partial charge on any atom is -0.465 e. The van der Waals surface area contributed by atoms with E-state index in [0.717, 1.165) is 25.7 Å². The van der Waals surface area contributed by atoms with Crippen LogP contribution < -0.4 is 0 Å². The first-order valence-corrected chi connectivity index (χ1v) is 7.07. The van der Waals surface area contributed by atoms with Gasteiger partial charge >= 0.3 is 5.97 Å².